The predicted molar refractivity (Wildman–Crippen MR) is 127 cm³/mol. The largest absolute Gasteiger partial charge is 0.349 e. The summed E-state index contributed by atoms with van der Waals surface area (Å²) in [4.78, 5) is 42.6. The van der Waals surface area contributed by atoms with E-state index in [1.807, 2.05) is 4.90 Å². The lowest BCUT2D eigenvalue weighted by Gasteiger charge is -2.34. The summed E-state index contributed by atoms with van der Waals surface area (Å²) in [5.41, 5.74) is 0.931. The van der Waals surface area contributed by atoms with Crippen LogP contribution in [-0.2, 0) is 11.3 Å². The summed E-state index contributed by atoms with van der Waals surface area (Å²) in [5.74, 6) is 1.12. The Morgan fingerprint density at radius 3 is 2.75 bits per heavy atom. The predicted octanol–water partition coefficient (Wildman–Crippen LogP) is 3.63. The first kappa shape index (κ1) is 22.7. The molecule has 0 radical (unpaired) electrons. The van der Waals surface area contributed by atoms with Crippen molar-refractivity contribution in [1.29, 1.82) is 0 Å². The van der Waals surface area contributed by atoms with E-state index in [0.717, 1.165) is 25.8 Å². The number of nitrogens with zero attached hydrogens (tertiary/aromatic N) is 2. The van der Waals surface area contributed by atoms with Crippen LogP contribution >= 0.6 is 12.2 Å². The van der Waals surface area contributed by atoms with Crippen LogP contribution in [0.1, 0.15) is 62.7 Å². The fraction of sp³-hybridized carbons (Fsp3) is 0.583. The van der Waals surface area contributed by atoms with Crippen molar-refractivity contribution in [2.24, 2.45) is 11.8 Å². The topological polar surface area (TPSA) is 87.2 Å². The van der Waals surface area contributed by atoms with Crippen LogP contribution in [0.2, 0.25) is 0 Å². The number of likely N-dealkylation sites (tertiary alicyclic amines) is 1. The van der Waals surface area contributed by atoms with Crippen LogP contribution in [0.25, 0.3) is 10.9 Å². The van der Waals surface area contributed by atoms with Crippen molar-refractivity contribution < 1.29 is 9.59 Å². The Kier molecular flexibility index (Phi) is 6.79. The number of aromatic nitrogens is 2. The van der Waals surface area contributed by atoms with E-state index in [1.165, 1.54) is 6.42 Å². The molecule has 0 bridgehead atoms. The number of carbonyl (C=O) groups is 2. The number of hydrogen-bond acceptors (Lipinski definition) is 4. The van der Waals surface area contributed by atoms with Crippen molar-refractivity contribution in [3.63, 3.8) is 0 Å². The molecule has 8 heteroatoms. The Bertz CT molecular complexity index is 1140. The molecule has 3 atom stereocenters. The summed E-state index contributed by atoms with van der Waals surface area (Å²) in [6.07, 6.45) is 5.54. The molecule has 2 aliphatic rings. The number of H-pyrrole nitrogens is 1. The monoisotopic (exact) mass is 456 g/mol. The van der Waals surface area contributed by atoms with E-state index in [-0.39, 0.29) is 23.4 Å². The minimum absolute atomic E-state index is 0.114. The highest BCUT2D eigenvalue weighted by atomic mass is 32.1. The van der Waals surface area contributed by atoms with Crippen LogP contribution in [0.5, 0.6) is 0 Å². The molecular formula is C24H32N4O3S. The molecule has 2 heterocycles. The lowest BCUT2D eigenvalue weighted by atomic mass is 9.78. The zero-order chi connectivity index (χ0) is 22.8. The molecule has 1 aromatic carbocycles. The highest BCUT2D eigenvalue weighted by molar-refractivity contribution is 7.71. The quantitative estimate of drug-likeness (QED) is 0.650. The van der Waals surface area contributed by atoms with Crippen molar-refractivity contribution in [3.8, 4) is 0 Å². The molecule has 1 saturated carbocycles. The fourth-order valence-electron chi connectivity index (χ4n) is 5.00. The Balaban J connectivity index is 1.49. The van der Waals surface area contributed by atoms with Crippen molar-refractivity contribution >= 4 is 34.9 Å². The third-order valence-corrected chi connectivity index (χ3v) is 7.57. The van der Waals surface area contributed by atoms with Gasteiger partial charge in [0.1, 0.15) is 0 Å². The number of carbonyl (C=O) groups excluding carboxylic acids is 2. The summed E-state index contributed by atoms with van der Waals surface area (Å²) in [7, 11) is 0. The standard InChI is InChI=1S/C24H32N4O3S/c1-15-6-3-7-19(16(15)2)25-22(30)17-9-10-18-20(14-17)26-24(32)28(23(18)31)13-5-12-27-11-4-8-21(27)29/h9-10,14-16,19H,3-8,11-13H2,1-2H3,(H,25,30)(H,26,32). The maximum Gasteiger partial charge on any atom is 0.262 e. The second kappa shape index (κ2) is 9.57. The third kappa shape index (κ3) is 4.65. The molecule has 0 spiro atoms. The van der Waals surface area contributed by atoms with Gasteiger partial charge in [-0.25, -0.2) is 0 Å². The van der Waals surface area contributed by atoms with Gasteiger partial charge in [-0.1, -0.05) is 26.7 Å². The van der Waals surface area contributed by atoms with Crippen molar-refractivity contribution in [2.45, 2.75) is 65.0 Å². The minimum Gasteiger partial charge on any atom is -0.349 e. The van der Waals surface area contributed by atoms with Gasteiger partial charge >= 0.3 is 0 Å². The smallest absolute Gasteiger partial charge is 0.262 e. The highest BCUT2D eigenvalue weighted by Crippen LogP contribution is 2.29. The molecule has 4 rings (SSSR count). The Labute approximate surface area is 193 Å². The van der Waals surface area contributed by atoms with Crippen LogP contribution < -0.4 is 10.9 Å². The van der Waals surface area contributed by atoms with E-state index in [0.29, 0.717) is 59.0 Å². The second-order valence-corrected chi connectivity index (χ2v) is 9.72. The zero-order valence-corrected chi connectivity index (χ0v) is 19.7. The first-order chi connectivity index (χ1) is 15.3. The Hall–Kier alpha value is -2.48. The molecule has 1 aromatic heterocycles. The number of rotatable bonds is 6. The van der Waals surface area contributed by atoms with Crippen LogP contribution in [-0.4, -0.2) is 45.4 Å². The van der Waals surface area contributed by atoms with Crippen molar-refractivity contribution in [2.75, 3.05) is 13.1 Å². The summed E-state index contributed by atoms with van der Waals surface area (Å²) in [6, 6.07) is 5.30. The van der Waals surface area contributed by atoms with E-state index >= 15 is 0 Å². The van der Waals surface area contributed by atoms with E-state index < -0.39 is 0 Å². The van der Waals surface area contributed by atoms with Gasteiger partial charge in [0.15, 0.2) is 4.77 Å². The molecule has 2 fully saturated rings. The van der Waals surface area contributed by atoms with E-state index in [2.05, 4.69) is 24.1 Å². The molecule has 2 aromatic rings. The average Bonchev–Trinajstić information content (AvgIpc) is 3.18. The number of benzene rings is 1. The summed E-state index contributed by atoms with van der Waals surface area (Å²) in [6.45, 7) is 6.33. The molecule has 1 aliphatic heterocycles. The van der Waals surface area contributed by atoms with Crippen molar-refractivity contribution in [3.05, 3.63) is 38.9 Å². The van der Waals surface area contributed by atoms with Crippen molar-refractivity contribution in [1.82, 2.24) is 19.8 Å². The van der Waals surface area contributed by atoms with Gasteiger partial charge in [0.25, 0.3) is 11.5 Å². The van der Waals surface area contributed by atoms with Gasteiger partial charge in [-0.05, 0) is 61.5 Å². The maximum atomic E-state index is 13.0. The van der Waals surface area contributed by atoms with Gasteiger partial charge in [-0.3, -0.25) is 19.0 Å². The first-order valence-electron chi connectivity index (χ1n) is 11.7. The van der Waals surface area contributed by atoms with E-state index in [4.69, 9.17) is 12.2 Å². The lowest BCUT2D eigenvalue weighted by Crippen LogP contribution is -2.43. The maximum absolute atomic E-state index is 13.0. The van der Waals surface area contributed by atoms with Gasteiger partial charge in [-0.2, -0.15) is 0 Å². The summed E-state index contributed by atoms with van der Waals surface area (Å²) < 4.78 is 1.88. The summed E-state index contributed by atoms with van der Waals surface area (Å²) >= 11 is 5.43. The Morgan fingerprint density at radius 2 is 2.00 bits per heavy atom. The molecule has 3 unspecified atom stereocenters. The Morgan fingerprint density at radius 1 is 1.19 bits per heavy atom. The molecule has 2 amide bonds. The molecule has 1 aliphatic carbocycles. The molecule has 1 saturated heterocycles. The number of hydrogen-bond donors (Lipinski definition) is 2. The van der Waals surface area contributed by atoms with Gasteiger partial charge in [0, 0.05) is 37.7 Å². The normalized spacial score (nSPS) is 23.6. The number of nitrogens with one attached hydrogen (secondary N) is 2. The minimum atomic E-state index is -0.168. The number of amides is 2. The van der Waals surface area contributed by atoms with E-state index in [1.54, 1.807) is 22.8 Å². The second-order valence-electron chi connectivity index (χ2n) is 9.33. The van der Waals surface area contributed by atoms with Crippen LogP contribution in [0.3, 0.4) is 0 Å². The molecule has 7 nitrogen and oxygen atoms in total. The molecular weight excluding hydrogens is 424 g/mol. The van der Waals surface area contributed by atoms with E-state index in [9.17, 15) is 14.4 Å². The third-order valence-electron chi connectivity index (χ3n) is 7.25. The van der Waals surface area contributed by atoms with Crippen LogP contribution in [0.4, 0.5) is 0 Å². The highest BCUT2D eigenvalue weighted by Gasteiger charge is 2.28. The zero-order valence-electron chi connectivity index (χ0n) is 18.9. The first-order valence-corrected chi connectivity index (χ1v) is 12.1. The number of fused-ring (bicyclic) bond motifs is 1. The SMILES string of the molecule is CC1CCCC(NC(=O)c2ccc3c(=O)n(CCCN4CCCC4=O)c(=S)[nH]c3c2)C1C. The molecule has 2 N–H and O–H groups in total. The molecule has 172 valence electrons. The molecule has 32 heavy (non-hydrogen) atoms. The van der Waals surface area contributed by atoms with Gasteiger partial charge in [0.05, 0.1) is 10.9 Å². The summed E-state index contributed by atoms with van der Waals surface area (Å²) in [5, 5.41) is 3.69. The average molecular weight is 457 g/mol. The van der Waals surface area contributed by atoms with Gasteiger partial charge in [-0.15, -0.1) is 0 Å². The van der Waals surface area contributed by atoms with Crippen LogP contribution in [0, 0.1) is 16.6 Å². The van der Waals surface area contributed by atoms with Gasteiger partial charge < -0.3 is 15.2 Å². The fourth-order valence-corrected chi connectivity index (χ4v) is 5.28. The van der Waals surface area contributed by atoms with Crippen LogP contribution in [0.15, 0.2) is 23.0 Å². The lowest BCUT2D eigenvalue weighted by molar-refractivity contribution is -0.127. The van der Waals surface area contributed by atoms with Gasteiger partial charge in [0.2, 0.25) is 5.91 Å². The number of aromatic amines is 1.